The van der Waals surface area contributed by atoms with Gasteiger partial charge in [0.1, 0.15) is 29.6 Å². The molecule has 0 amide bonds. The number of anilines is 1. The number of nitriles is 1. The van der Waals surface area contributed by atoms with Gasteiger partial charge in [-0.05, 0) is 84.3 Å². The van der Waals surface area contributed by atoms with Crippen LogP contribution < -0.4 is 20.1 Å². The first-order valence-corrected chi connectivity index (χ1v) is 14.5. The average molecular weight is 613 g/mol. The molecular weight excluding hydrogens is 580 g/mol. The smallest absolute Gasteiger partial charge is 0.296 e. The first-order valence-electron chi connectivity index (χ1n) is 14.1. The van der Waals surface area contributed by atoms with Gasteiger partial charge in [-0.2, -0.15) is 5.26 Å². The fourth-order valence-corrected chi connectivity index (χ4v) is 6.26. The second kappa shape index (κ2) is 11.7. The molecule has 226 valence electrons. The summed E-state index contributed by atoms with van der Waals surface area (Å²) in [6.07, 6.45) is 0.682. The molecule has 0 saturated heterocycles. The van der Waals surface area contributed by atoms with Gasteiger partial charge in [0, 0.05) is 22.7 Å². The van der Waals surface area contributed by atoms with Crippen LogP contribution in [0.15, 0.2) is 77.3 Å². The molecule has 1 atom stereocenters. The molecule has 1 heterocycles. The minimum atomic E-state index is -0.748. The third-order valence-corrected chi connectivity index (χ3v) is 8.50. The summed E-state index contributed by atoms with van der Waals surface area (Å²) in [6.45, 7) is 8.14. The maximum absolute atomic E-state index is 14.0. The molecule has 0 saturated carbocycles. The summed E-state index contributed by atoms with van der Waals surface area (Å²) in [5, 5.41) is 23.4. The molecule has 1 aliphatic heterocycles. The molecule has 0 radical (unpaired) electrons. The van der Waals surface area contributed by atoms with E-state index < -0.39 is 16.3 Å². The largest absolute Gasteiger partial charge is 0.496 e. The van der Waals surface area contributed by atoms with E-state index in [4.69, 9.17) is 26.8 Å². The Labute approximate surface area is 261 Å². The van der Waals surface area contributed by atoms with Crippen LogP contribution in [-0.2, 0) is 11.4 Å². The number of nitro benzene ring substituents is 1. The zero-order valence-electron chi connectivity index (χ0n) is 25.2. The zero-order valence-corrected chi connectivity index (χ0v) is 26.0. The van der Waals surface area contributed by atoms with Crippen molar-refractivity contribution in [1.29, 1.82) is 5.26 Å². The van der Waals surface area contributed by atoms with Gasteiger partial charge in [0.15, 0.2) is 5.78 Å². The van der Waals surface area contributed by atoms with Crippen molar-refractivity contribution in [2.24, 2.45) is 11.1 Å². The minimum absolute atomic E-state index is 0.0500. The van der Waals surface area contributed by atoms with Crippen molar-refractivity contribution >= 4 is 28.8 Å². The van der Waals surface area contributed by atoms with Crippen molar-refractivity contribution in [1.82, 2.24) is 0 Å². The lowest BCUT2D eigenvalue weighted by atomic mass is 9.68. The number of allylic oxidation sites excluding steroid dienone is 3. The van der Waals surface area contributed by atoms with Crippen LogP contribution in [0.2, 0.25) is 5.02 Å². The molecule has 2 aliphatic rings. The number of rotatable bonds is 7. The molecule has 1 unspecified atom stereocenters. The van der Waals surface area contributed by atoms with Crippen LogP contribution >= 0.6 is 11.6 Å². The lowest BCUT2D eigenvalue weighted by Crippen LogP contribution is -2.42. The van der Waals surface area contributed by atoms with Crippen molar-refractivity contribution in [2.75, 3.05) is 12.0 Å². The highest BCUT2D eigenvalue weighted by Gasteiger charge is 2.46. The number of Topliss-reactive ketones (excluding diaryl/α,β-unsaturated/α-hetero) is 1. The Morgan fingerprint density at radius 3 is 2.41 bits per heavy atom. The topological polar surface area (TPSA) is 132 Å². The van der Waals surface area contributed by atoms with E-state index in [-0.39, 0.29) is 41.6 Å². The van der Waals surface area contributed by atoms with E-state index in [0.717, 1.165) is 22.3 Å². The first kappa shape index (κ1) is 30.6. The number of halogens is 1. The molecule has 2 N–H and O–H groups in total. The lowest BCUT2D eigenvalue weighted by molar-refractivity contribution is -0.384. The van der Waals surface area contributed by atoms with Crippen LogP contribution in [0.4, 0.5) is 11.4 Å². The molecular formula is C34H33ClN4O5. The number of ketones is 1. The number of aryl methyl sites for hydroxylation is 2. The number of benzene rings is 3. The number of nitrogens with zero attached hydrogens (tertiary/aromatic N) is 3. The fraction of sp³-hybridized carbons (Fsp3) is 0.294. The van der Waals surface area contributed by atoms with Crippen molar-refractivity contribution < 1.29 is 19.2 Å². The standard InChI is InChI=1S/C34H33ClN4O5/c1-19-12-20(2)25(13-21(19)18-44-23-8-6-22(35)7-9-23)31-26(17-36)33(37)38(29-15-34(3,4)16-30(40)32(29)31)27-11-10-24(43-5)14-28(27)39(41)42/h6-14,31H,15-16,18,37H2,1-5H3. The second-order valence-corrected chi connectivity index (χ2v) is 12.4. The quantitative estimate of drug-likeness (QED) is 0.216. The predicted molar refractivity (Wildman–Crippen MR) is 168 cm³/mol. The van der Waals surface area contributed by atoms with Gasteiger partial charge >= 0.3 is 0 Å². The van der Waals surface area contributed by atoms with E-state index in [9.17, 15) is 20.2 Å². The summed E-state index contributed by atoms with van der Waals surface area (Å²) < 4.78 is 11.3. The van der Waals surface area contributed by atoms with Crippen LogP contribution in [0.1, 0.15) is 54.9 Å². The summed E-state index contributed by atoms with van der Waals surface area (Å²) in [5.74, 6) is 0.135. The number of methoxy groups -OCH3 is 1. The highest BCUT2D eigenvalue weighted by atomic mass is 35.5. The molecule has 0 fully saturated rings. The van der Waals surface area contributed by atoms with E-state index >= 15 is 0 Å². The van der Waals surface area contributed by atoms with E-state index in [2.05, 4.69) is 6.07 Å². The van der Waals surface area contributed by atoms with E-state index in [1.54, 1.807) is 36.4 Å². The Hall–Kier alpha value is -4.81. The van der Waals surface area contributed by atoms with Gasteiger partial charge in [0.25, 0.3) is 5.69 Å². The Morgan fingerprint density at radius 2 is 1.77 bits per heavy atom. The first-order chi connectivity index (χ1) is 20.8. The van der Waals surface area contributed by atoms with Gasteiger partial charge < -0.3 is 15.2 Å². The molecule has 5 rings (SSSR count). The van der Waals surface area contributed by atoms with E-state index in [0.29, 0.717) is 34.2 Å². The van der Waals surface area contributed by atoms with Crippen molar-refractivity contribution in [2.45, 2.75) is 53.1 Å². The van der Waals surface area contributed by atoms with Gasteiger partial charge in [-0.15, -0.1) is 0 Å². The fourth-order valence-electron chi connectivity index (χ4n) is 6.14. The van der Waals surface area contributed by atoms with E-state index in [1.807, 2.05) is 39.8 Å². The number of hydrogen-bond donors (Lipinski definition) is 1. The van der Waals surface area contributed by atoms with E-state index in [1.165, 1.54) is 18.1 Å². The number of carbonyl (C=O) groups is 1. The number of carbonyl (C=O) groups excluding carboxylic acids is 1. The molecule has 10 heteroatoms. The van der Waals surface area contributed by atoms with Crippen LogP contribution in [0.3, 0.4) is 0 Å². The molecule has 0 spiro atoms. The van der Waals surface area contributed by atoms with Crippen molar-refractivity contribution in [3.8, 4) is 17.6 Å². The third-order valence-electron chi connectivity index (χ3n) is 8.24. The molecule has 44 heavy (non-hydrogen) atoms. The van der Waals surface area contributed by atoms with Crippen LogP contribution in [-0.4, -0.2) is 17.8 Å². The highest BCUT2D eigenvalue weighted by molar-refractivity contribution is 6.30. The molecule has 3 aromatic rings. The molecule has 3 aromatic carbocycles. The number of ether oxygens (including phenoxy) is 2. The summed E-state index contributed by atoms with van der Waals surface area (Å²) in [5.41, 5.74) is 10.9. The monoisotopic (exact) mass is 612 g/mol. The summed E-state index contributed by atoms with van der Waals surface area (Å²) in [6, 6.07) is 17.8. The second-order valence-electron chi connectivity index (χ2n) is 12.0. The summed E-state index contributed by atoms with van der Waals surface area (Å²) in [4.78, 5) is 27.3. The molecule has 0 bridgehead atoms. The van der Waals surface area contributed by atoms with Crippen molar-refractivity contribution in [3.63, 3.8) is 0 Å². The van der Waals surface area contributed by atoms with Crippen LogP contribution in [0.25, 0.3) is 0 Å². The van der Waals surface area contributed by atoms with Gasteiger partial charge in [0.05, 0.1) is 35.7 Å². The van der Waals surface area contributed by atoms with Gasteiger partial charge in [-0.1, -0.05) is 37.6 Å². The number of hydrogen-bond acceptors (Lipinski definition) is 8. The zero-order chi connectivity index (χ0) is 31.9. The normalized spacial score (nSPS) is 17.7. The Bertz CT molecular complexity index is 1790. The number of nitro groups is 1. The van der Waals surface area contributed by atoms with Crippen LogP contribution in [0, 0.1) is 40.7 Å². The number of nitrogens with two attached hydrogens (primary N) is 1. The van der Waals surface area contributed by atoms with Gasteiger partial charge in [-0.3, -0.25) is 19.8 Å². The summed E-state index contributed by atoms with van der Waals surface area (Å²) in [7, 11) is 1.42. The SMILES string of the molecule is COc1ccc(N2C(N)=C(C#N)C(c3cc(COc4ccc(Cl)cc4)c(C)cc3C)C3=C2CC(C)(C)CC3=O)c([N+](=O)[O-])c1. The molecule has 0 aromatic heterocycles. The van der Waals surface area contributed by atoms with Gasteiger partial charge in [0.2, 0.25) is 0 Å². The van der Waals surface area contributed by atoms with Gasteiger partial charge in [-0.25, -0.2) is 0 Å². The Balaban J connectivity index is 1.70. The summed E-state index contributed by atoms with van der Waals surface area (Å²) >= 11 is 6.02. The third kappa shape index (κ3) is 5.61. The molecule has 1 aliphatic carbocycles. The highest BCUT2D eigenvalue weighted by Crippen LogP contribution is 2.52. The Kier molecular flexibility index (Phi) is 8.15. The maximum atomic E-state index is 14.0. The van der Waals surface area contributed by atoms with Crippen molar-refractivity contribution in [3.05, 3.63) is 115 Å². The average Bonchev–Trinajstić information content (AvgIpc) is 2.96. The van der Waals surface area contributed by atoms with Crippen LogP contribution in [0.5, 0.6) is 11.5 Å². The Morgan fingerprint density at radius 1 is 1.09 bits per heavy atom. The minimum Gasteiger partial charge on any atom is -0.496 e. The molecule has 9 nitrogen and oxygen atoms in total. The lowest BCUT2D eigenvalue weighted by Gasteiger charge is -2.43. The predicted octanol–water partition coefficient (Wildman–Crippen LogP) is 7.39. The maximum Gasteiger partial charge on any atom is 0.296 e.